The van der Waals surface area contributed by atoms with Crippen LogP contribution in [0.1, 0.15) is 26.2 Å². The number of benzene rings is 1. The Labute approximate surface area is 171 Å². The summed E-state index contributed by atoms with van der Waals surface area (Å²) in [4.78, 5) is 25.9. The molecule has 1 aromatic rings. The molecule has 0 bridgehead atoms. The minimum atomic E-state index is -3.94. The summed E-state index contributed by atoms with van der Waals surface area (Å²) in [5.74, 6) is 0.771. The lowest BCUT2D eigenvalue weighted by Crippen LogP contribution is -3.15. The van der Waals surface area contributed by atoms with E-state index in [0.29, 0.717) is 25.6 Å². The number of nitro benzene ring substituents is 1. The zero-order valence-electron chi connectivity index (χ0n) is 16.7. The van der Waals surface area contributed by atoms with Crippen LogP contribution in [-0.4, -0.2) is 74.3 Å². The maximum atomic E-state index is 12.9. The van der Waals surface area contributed by atoms with Crippen molar-refractivity contribution in [2.45, 2.75) is 31.1 Å². The number of nitrogens with zero attached hydrogens (tertiary/aromatic N) is 3. The molecule has 1 aliphatic carbocycles. The molecule has 3 rings (SSSR count). The molecule has 1 aliphatic heterocycles. The summed E-state index contributed by atoms with van der Waals surface area (Å²) < 4.78 is 27.1. The van der Waals surface area contributed by atoms with Crippen molar-refractivity contribution in [1.82, 2.24) is 9.21 Å². The fourth-order valence-electron chi connectivity index (χ4n) is 3.71. The monoisotopic (exact) mass is 425 g/mol. The van der Waals surface area contributed by atoms with Gasteiger partial charge in [-0.3, -0.25) is 14.9 Å². The highest BCUT2D eigenvalue weighted by molar-refractivity contribution is 7.89. The van der Waals surface area contributed by atoms with Crippen LogP contribution in [0.15, 0.2) is 29.2 Å². The number of quaternary nitrogens is 1. The number of amides is 1. The number of hydrogen-bond donors (Lipinski definition) is 1. The van der Waals surface area contributed by atoms with Crippen molar-refractivity contribution >= 4 is 21.6 Å². The number of nitro groups is 1. The molecule has 0 radical (unpaired) electrons. The Morgan fingerprint density at radius 3 is 2.52 bits per heavy atom. The molecular weight excluding hydrogens is 396 g/mol. The molecule has 0 atom stereocenters. The third-order valence-electron chi connectivity index (χ3n) is 5.53. The number of rotatable bonds is 9. The van der Waals surface area contributed by atoms with Gasteiger partial charge in [0, 0.05) is 19.2 Å². The molecule has 1 aromatic carbocycles. The zero-order valence-corrected chi connectivity index (χ0v) is 17.6. The van der Waals surface area contributed by atoms with Crippen LogP contribution in [0.3, 0.4) is 0 Å². The normalized spacial score (nSPS) is 18.5. The fraction of sp³-hybridized carbons (Fsp3) is 0.632. The van der Waals surface area contributed by atoms with Gasteiger partial charge < -0.3 is 9.80 Å². The van der Waals surface area contributed by atoms with E-state index in [1.807, 2.05) is 4.90 Å². The van der Waals surface area contributed by atoms with Gasteiger partial charge in [0.1, 0.15) is 0 Å². The van der Waals surface area contributed by atoms with Gasteiger partial charge in [0.05, 0.1) is 31.1 Å². The van der Waals surface area contributed by atoms with Gasteiger partial charge >= 0.3 is 0 Å². The summed E-state index contributed by atoms with van der Waals surface area (Å²) in [5, 5.41) is 11.2. The fourth-order valence-corrected chi connectivity index (χ4v) is 5.31. The summed E-state index contributed by atoms with van der Waals surface area (Å²) in [5.41, 5.74) is -0.410. The number of para-hydroxylation sites is 1. The molecule has 160 valence electrons. The van der Waals surface area contributed by atoms with Gasteiger partial charge in [-0.2, -0.15) is 4.31 Å². The van der Waals surface area contributed by atoms with Crippen LogP contribution >= 0.6 is 0 Å². The molecule has 9 nitrogen and oxygen atoms in total. The first-order valence-corrected chi connectivity index (χ1v) is 11.6. The minimum absolute atomic E-state index is 0.128. The van der Waals surface area contributed by atoms with Crippen molar-refractivity contribution in [2.24, 2.45) is 5.92 Å². The van der Waals surface area contributed by atoms with Gasteiger partial charge in [-0.1, -0.05) is 19.1 Å². The molecule has 1 saturated heterocycles. The lowest BCUT2D eigenvalue weighted by atomic mass is 10.3. The molecule has 1 amide bonds. The lowest BCUT2D eigenvalue weighted by molar-refractivity contribution is -0.896. The predicted octanol–water partition coefficient (Wildman–Crippen LogP) is 0.133. The smallest absolute Gasteiger partial charge is 0.289 e. The highest BCUT2D eigenvalue weighted by Gasteiger charge is 2.36. The van der Waals surface area contributed by atoms with E-state index in [4.69, 9.17) is 0 Å². The second-order valence-electron chi connectivity index (χ2n) is 7.84. The largest absolute Gasteiger partial charge is 0.338 e. The molecule has 29 heavy (non-hydrogen) atoms. The van der Waals surface area contributed by atoms with E-state index >= 15 is 0 Å². The average molecular weight is 426 g/mol. The highest BCUT2D eigenvalue weighted by atomic mass is 32.2. The Bertz CT molecular complexity index is 848. The predicted molar refractivity (Wildman–Crippen MR) is 107 cm³/mol. The van der Waals surface area contributed by atoms with Gasteiger partial charge in [0.25, 0.3) is 11.6 Å². The van der Waals surface area contributed by atoms with Crippen LogP contribution in [-0.2, 0) is 14.8 Å². The summed E-state index contributed by atoms with van der Waals surface area (Å²) in [7, 11) is -3.94. The SMILES string of the molecule is CCCN(CC1CC1)C(=O)C[NH+]1CCN(S(=O)(=O)c2ccccc2[N+](=O)[O-])CC1. The van der Waals surface area contributed by atoms with E-state index in [1.54, 1.807) is 0 Å². The van der Waals surface area contributed by atoms with E-state index in [1.165, 1.54) is 41.4 Å². The van der Waals surface area contributed by atoms with Crippen LogP contribution in [0.4, 0.5) is 5.69 Å². The molecule has 1 saturated carbocycles. The lowest BCUT2D eigenvalue weighted by Gasteiger charge is -2.32. The third-order valence-corrected chi connectivity index (χ3v) is 7.48. The zero-order chi connectivity index (χ0) is 21.0. The van der Waals surface area contributed by atoms with Crippen molar-refractivity contribution in [3.63, 3.8) is 0 Å². The quantitative estimate of drug-likeness (QED) is 0.447. The Morgan fingerprint density at radius 2 is 1.93 bits per heavy atom. The molecule has 1 heterocycles. The number of hydrogen-bond acceptors (Lipinski definition) is 5. The molecular formula is C19H29N4O5S+. The Hall–Kier alpha value is -2.04. The maximum Gasteiger partial charge on any atom is 0.289 e. The molecule has 0 spiro atoms. The number of sulfonamides is 1. The summed E-state index contributed by atoms with van der Waals surface area (Å²) >= 11 is 0. The van der Waals surface area contributed by atoms with Gasteiger partial charge in [0.15, 0.2) is 11.4 Å². The third kappa shape index (κ3) is 5.31. The van der Waals surface area contributed by atoms with Crippen molar-refractivity contribution < 1.29 is 23.0 Å². The Morgan fingerprint density at radius 1 is 1.28 bits per heavy atom. The van der Waals surface area contributed by atoms with Crippen LogP contribution in [0.5, 0.6) is 0 Å². The summed E-state index contributed by atoms with van der Waals surface area (Å²) in [6.07, 6.45) is 3.32. The number of carbonyl (C=O) groups is 1. The Kier molecular flexibility index (Phi) is 6.86. The van der Waals surface area contributed by atoms with Crippen LogP contribution in [0.25, 0.3) is 0 Å². The average Bonchev–Trinajstić information content (AvgIpc) is 3.52. The molecule has 10 heteroatoms. The van der Waals surface area contributed by atoms with Crippen LogP contribution < -0.4 is 4.90 Å². The minimum Gasteiger partial charge on any atom is -0.338 e. The molecule has 2 fully saturated rings. The van der Waals surface area contributed by atoms with Gasteiger partial charge in [-0.05, 0) is 31.2 Å². The highest BCUT2D eigenvalue weighted by Crippen LogP contribution is 2.29. The van der Waals surface area contributed by atoms with E-state index in [9.17, 15) is 23.3 Å². The van der Waals surface area contributed by atoms with Crippen LogP contribution in [0, 0.1) is 16.0 Å². The van der Waals surface area contributed by atoms with Gasteiger partial charge in [-0.15, -0.1) is 0 Å². The first-order chi connectivity index (χ1) is 13.8. The number of carbonyl (C=O) groups excluding carboxylic acids is 1. The van der Waals surface area contributed by atoms with E-state index in [-0.39, 0.29) is 23.9 Å². The number of piperazine rings is 1. The maximum absolute atomic E-state index is 12.9. The number of nitrogens with one attached hydrogen (secondary N) is 1. The van der Waals surface area contributed by atoms with E-state index in [2.05, 4.69) is 6.92 Å². The van der Waals surface area contributed by atoms with E-state index < -0.39 is 20.6 Å². The second kappa shape index (κ2) is 9.19. The van der Waals surface area contributed by atoms with Crippen molar-refractivity contribution in [1.29, 1.82) is 0 Å². The first kappa shape index (κ1) is 21.7. The first-order valence-electron chi connectivity index (χ1n) is 10.2. The molecule has 0 aromatic heterocycles. The summed E-state index contributed by atoms with van der Waals surface area (Å²) in [6.45, 7) is 5.53. The standard InChI is InChI=1S/C19H28N4O5S/c1-2-9-21(14-16-7-8-16)19(24)15-20-10-12-22(13-11-20)29(27,28)18-6-4-3-5-17(18)23(25)26/h3-6,16H,2,7-15H2,1H3/p+1. The van der Waals surface area contributed by atoms with Crippen molar-refractivity contribution in [3.05, 3.63) is 34.4 Å². The van der Waals surface area contributed by atoms with Gasteiger partial charge in [0.2, 0.25) is 10.0 Å². The van der Waals surface area contributed by atoms with Crippen LogP contribution in [0.2, 0.25) is 0 Å². The Balaban J connectivity index is 1.60. The molecule has 1 N–H and O–H groups in total. The summed E-state index contributed by atoms with van der Waals surface area (Å²) in [6, 6.07) is 5.42. The molecule has 2 aliphatic rings. The van der Waals surface area contributed by atoms with E-state index in [0.717, 1.165) is 24.4 Å². The topological polar surface area (TPSA) is 105 Å². The van der Waals surface area contributed by atoms with Crippen molar-refractivity contribution in [3.8, 4) is 0 Å². The van der Waals surface area contributed by atoms with Gasteiger partial charge in [-0.25, -0.2) is 8.42 Å². The van der Waals surface area contributed by atoms with Crippen molar-refractivity contribution in [2.75, 3.05) is 45.8 Å². The second-order valence-corrected chi connectivity index (χ2v) is 9.75. The molecule has 0 unspecified atom stereocenters.